The molecule has 3 aromatic heterocycles. The first-order valence-corrected chi connectivity index (χ1v) is 14.9. The van der Waals surface area contributed by atoms with Gasteiger partial charge >= 0.3 is 0 Å². The van der Waals surface area contributed by atoms with E-state index in [9.17, 15) is 0 Å². The summed E-state index contributed by atoms with van der Waals surface area (Å²) in [5.74, 6) is 0. The normalized spacial score (nSPS) is 12.1. The highest BCUT2D eigenvalue weighted by Gasteiger charge is 2.24. The van der Waals surface area contributed by atoms with Crippen molar-refractivity contribution in [2.24, 2.45) is 0 Å². The third-order valence-corrected chi connectivity index (χ3v) is 9.21. The molecule has 0 saturated heterocycles. The van der Waals surface area contributed by atoms with Crippen molar-refractivity contribution in [3.63, 3.8) is 0 Å². The van der Waals surface area contributed by atoms with Crippen LogP contribution in [0.1, 0.15) is 0 Å². The molecule has 0 spiro atoms. The number of hydrogen-bond donors (Lipinski definition) is 0. The van der Waals surface area contributed by atoms with Crippen LogP contribution in [0.2, 0.25) is 5.02 Å². The van der Waals surface area contributed by atoms with Crippen molar-refractivity contribution in [2.45, 2.75) is 0 Å². The molecule has 0 fully saturated rings. The van der Waals surface area contributed by atoms with E-state index >= 15 is 0 Å². The standard InChI is InChI=1S/C36H14B6ClNO2/c37-23-13-25(39)33-29(31(23)41)30-32(42)24(38)14-26(40)34(30)44(33)16-11-21-18-9-8-15(43)10-28(18)46-36(21)22(12-16)20-6-3-5-19-17-4-1-2-7-27(17)45-35(19)20/h1-14H. The van der Waals surface area contributed by atoms with Crippen molar-refractivity contribution in [3.05, 3.63) is 90.0 Å². The van der Waals surface area contributed by atoms with Crippen LogP contribution in [-0.2, 0) is 0 Å². The molecule has 0 unspecified atom stereocenters. The van der Waals surface area contributed by atoms with Crippen molar-refractivity contribution < 1.29 is 8.83 Å². The SMILES string of the molecule is [B]c1cc([B])c2c(c1[B])c1c([B])c([B])cc([B])c1n2-c1cc(-c2cccc3c2oc2ccccc23)c2oc3cc(Cl)ccc3c2c1. The van der Waals surface area contributed by atoms with Gasteiger partial charge in [-0.3, -0.25) is 0 Å². The molecule has 9 rings (SSSR count). The first-order chi connectivity index (χ1) is 22.2. The highest BCUT2D eigenvalue weighted by Crippen LogP contribution is 2.43. The summed E-state index contributed by atoms with van der Waals surface area (Å²) in [7, 11) is 39.3. The number of aromatic nitrogens is 1. The fourth-order valence-electron chi connectivity index (χ4n) is 6.94. The molecule has 0 N–H and O–H groups in total. The van der Waals surface area contributed by atoms with Crippen LogP contribution in [0.4, 0.5) is 0 Å². The second kappa shape index (κ2) is 9.70. The molecule has 0 aliphatic heterocycles. The predicted molar refractivity (Wildman–Crippen MR) is 198 cm³/mol. The van der Waals surface area contributed by atoms with Crippen LogP contribution in [0.5, 0.6) is 0 Å². The second-order valence-corrected chi connectivity index (χ2v) is 12.0. The van der Waals surface area contributed by atoms with Crippen LogP contribution >= 0.6 is 11.6 Å². The summed E-state index contributed by atoms with van der Waals surface area (Å²) in [6, 6.07) is 27.0. The number of hydrogen-bond acceptors (Lipinski definition) is 2. The Morgan fingerprint density at radius 3 is 1.83 bits per heavy atom. The van der Waals surface area contributed by atoms with Crippen LogP contribution in [0.3, 0.4) is 0 Å². The van der Waals surface area contributed by atoms with E-state index in [4.69, 9.17) is 67.5 Å². The number of nitrogens with zero attached hydrogens (tertiary/aromatic N) is 1. The van der Waals surface area contributed by atoms with E-state index in [2.05, 4.69) is 12.1 Å². The van der Waals surface area contributed by atoms with Gasteiger partial charge in [0.1, 0.15) is 69.4 Å². The van der Waals surface area contributed by atoms with E-state index in [-0.39, 0.29) is 0 Å². The molecular weight excluding hydrogens is 579 g/mol. The fraction of sp³-hybridized carbons (Fsp3) is 0. The zero-order chi connectivity index (χ0) is 31.6. The summed E-state index contributed by atoms with van der Waals surface area (Å²) in [6.07, 6.45) is 0. The summed E-state index contributed by atoms with van der Waals surface area (Å²) in [5.41, 5.74) is 8.56. The van der Waals surface area contributed by atoms with Gasteiger partial charge in [0, 0.05) is 60.5 Å². The molecule has 9 aromatic rings. The van der Waals surface area contributed by atoms with Crippen molar-refractivity contribution >= 4 is 157 Å². The summed E-state index contributed by atoms with van der Waals surface area (Å²) in [4.78, 5) is 0. The monoisotopic (exact) mass is 593 g/mol. The number of para-hydroxylation sites is 2. The van der Waals surface area contributed by atoms with Gasteiger partial charge in [-0.15, -0.1) is 10.9 Å². The number of rotatable bonds is 2. The topological polar surface area (TPSA) is 31.2 Å². The largest absolute Gasteiger partial charge is 0.455 e. The Morgan fingerprint density at radius 1 is 0.500 bits per heavy atom. The van der Waals surface area contributed by atoms with Crippen LogP contribution in [0, 0.1) is 0 Å². The maximum absolute atomic E-state index is 6.72. The van der Waals surface area contributed by atoms with Crippen molar-refractivity contribution in [1.82, 2.24) is 4.57 Å². The highest BCUT2D eigenvalue weighted by atomic mass is 35.5. The first kappa shape index (κ1) is 27.7. The third-order valence-electron chi connectivity index (χ3n) is 8.97. The molecule has 0 aliphatic carbocycles. The molecule has 3 nitrogen and oxygen atoms in total. The highest BCUT2D eigenvalue weighted by molar-refractivity contribution is 6.62. The van der Waals surface area contributed by atoms with E-state index in [1.165, 1.54) is 0 Å². The van der Waals surface area contributed by atoms with Crippen molar-refractivity contribution in [1.29, 1.82) is 0 Å². The number of benzene rings is 6. The lowest BCUT2D eigenvalue weighted by atomic mass is 9.71. The fourth-order valence-corrected chi connectivity index (χ4v) is 7.10. The molecule has 0 saturated carbocycles. The molecule has 6 aromatic carbocycles. The van der Waals surface area contributed by atoms with Crippen LogP contribution in [0.25, 0.3) is 82.5 Å². The van der Waals surface area contributed by atoms with Crippen LogP contribution < -0.4 is 32.8 Å². The predicted octanol–water partition coefficient (Wildman–Crippen LogP) is 3.67. The number of furan rings is 2. The molecule has 0 aliphatic rings. The Balaban J connectivity index is 1.50. The second-order valence-electron chi connectivity index (χ2n) is 11.6. The van der Waals surface area contributed by atoms with Crippen LogP contribution in [0.15, 0.2) is 93.8 Å². The lowest BCUT2D eigenvalue weighted by Crippen LogP contribution is -2.33. The van der Waals surface area contributed by atoms with Crippen LogP contribution in [-0.4, -0.2) is 51.6 Å². The summed E-state index contributed by atoms with van der Waals surface area (Å²) in [5, 5.41) is 5.47. The average Bonchev–Trinajstić information content (AvgIpc) is 3.72. The van der Waals surface area contributed by atoms with Gasteiger partial charge in [-0.05, 0) is 41.1 Å². The summed E-state index contributed by atoms with van der Waals surface area (Å²) < 4.78 is 15.0. The van der Waals surface area contributed by atoms with Gasteiger partial charge in [-0.2, -0.15) is 0 Å². The number of halogens is 1. The molecule has 0 amide bonds. The molecular formula is C36H14B6ClNO2. The number of fused-ring (bicyclic) bond motifs is 9. The molecule has 0 atom stereocenters. The van der Waals surface area contributed by atoms with Gasteiger partial charge in [-0.25, -0.2) is 0 Å². The van der Waals surface area contributed by atoms with E-state index < -0.39 is 0 Å². The molecule has 10 heteroatoms. The Bertz CT molecular complexity index is 2720. The van der Waals surface area contributed by atoms with Gasteiger partial charge in [-0.1, -0.05) is 82.0 Å². The maximum Gasteiger partial charge on any atom is 0.143 e. The van der Waals surface area contributed by atoms with E-state index in [1.54, 1.807) is 12.1 Å². The Hall–Kier alpha value is -4.60. The van der Waals surface area contributed by atoms with Gasteiger partial charge in [0.25, 0.3) is 0 Å². The Morgan fingerprint density at radius 2 is 1.11 bits per heavy atom. The van der Waals surface area contributed by atoms with Gasteiger partial charge < -0.3 is 13.4 Å². The summed E-state index contributed by atoms with van der Waals surface area (Å²) in [6.45, 7) is 0. The zero-order valence-corrected chi connectivity index (χ0v) is 24.9. The lowest BCUT2D eigenvalue weighted by Gasteiger charge is -2.15. The lowest BCUT2D eigenvalue weighted by molar-refractivity contribution is 0.665. The quantitative estimate of drug-likeness (QED) is 0.287. The summed E-state index contributed by atoms with van der Waals surface area (Å²) >= 11 is 6.41. The molecule has 46 heavy (non-hydrogen) atoms. The molecule has 3 heterocycles. The van der Waals surface area contributed by atoms with E-state index in [0.717, 1.165) is 49.5 Å². The minimum atomic E-state index is 0.329. The molecule has 200 valence electrons. The minimum Gasteiger partial charge on any atom is -0.455 e. The van der Waals surface area contributed by atoms with E-state index in [0.29, 0.717) is 70.8 Å². The smallest absolute Gasteiger partial charge is 0.143 e. The maximum atomic E-state index is 6.72. The van der Waals surface area contributed by atoms with Crippen molar-refractivity contribution in [3.8, 4) is 16.8 Å². The third kappa shape index (κ3) is 3.69. The minimum absolute atomic E-state index is 0.329. The van der Waals surface area contributed by atoms with Gasteiger partial charge in [0.05, 0.1) is 0 Å². The van der Waals surface area contributed by atoms with Crippen molar-refractivity contribution in [2.75, 3.05) is 0 Å². The first-order valence-electron chi connectivity index (χ1n) is 14.5. The molecule has 12 radical (unpaired) electrons. The average molecular weight is 593 g/mol. The van der Waals surface area contributed by atoms with Gasteiger partial charge in [0.2, 0.25) is 0 Å². The zero-order valence-electron chi connectivity index (χ0n) is 24.2. The Kier molecular flexibility index (Phi) is 5.84. The Labute approximate surface area is 276 Å². The van der Waals surface area contributed by atoms with Gasteiger partial charge in [0.15, 0.2) is 0 Å². The van der Waals surface area contributed by atoms with E-state index in [1.807, 2.05) is 65.2 Å². The molecule has 0 bridgehead atoms.